The summed E-state index contributed by atoms with van der Waals surface area (Å²) in [5, 5.41) is 3.80. The lowest BCUT2D eigenvalue weighted by Gasteiger charge is -2.17. The maximum atomic E-state index is 13.5. The molecule has 1 nitrogen and oxygen atoms in total. The van der Waals surface area contributed by atoms with Crippen LogP contribution in [0, 0.1) is 5.82 Å². The van der Waals surface area contributed by atoms with Crippen LogP contribution in [0.2, 0.25) is 10.0 Å². The van der Waals surface area contributed by atoms with Crippen LogP contribution in [-0.2, 0) is 6.42 Å². The average molecular weight is 312 g/mol. The number of nitrogens with one attached hydrogen (secondary N) is 1. The molecule has 0 fully saturated rings. The van der Waals surface area contributed by atoms with E-state index in [4.69, 9.17) is 23.2 Å². The number of halogens is 3. The molecule has 0 aliphatic carbocycles. The first-order chi connectivity index (χ1) is 9.51. The van der Waals surface area contributed by atoms with Crippen LogP contribution < -0.4 is 5.32 Å². The summed E-state index contributed by atoms with van der Waals surface area (Å²) in [7, 11) is 0. The summed E-state index contributed by atoms with van der Waals surface area (Å²) in [6.07, 6.45) is 1.00. The number of aryl methyl sites for hydroxylation is 1. The van der Waals surface area contributed by atoms with Crippen molar-refractivity contribution in [2.45, 2.75) is 26.3 Å². The molecule has 0 spiro atoms. The van der Waals surface area contributed by atoms with Crippen LogP contribution in [-0.4, -0.2) is 0 Å². The number of benzene rings is 2. The van der Waals surface area contributed by atoms with Gasteiger partial charge in [-0.25, -0.2) is 4.39 Å². The molecule has 0 saturated heterocycles. The highest BCUT2D eigenvalue weighted by molar-refractivity contribution is 6.35. The second-order valence-corrected chi connectivity index (χ2v) is 5.52. The van der Waals surface area contributed by atoms with Gasteiger partial charge in [0.05, 0.1) is 11.1 Å². The summed E-state index contributed by atoms with van der Waals surface area (Å²) >= 11 is 11.8. The second-order valence-electron chi connectivity index (χ2n) is 4.70. The standard InChI is InChI=1S/C16H16Cl2FN/c1-3-11-4-6-12(7-5-11)20-10(2)13-8-16(19)15(18)9-14(13)17/h4-10,20H,3H2,1-2H3. The van der Waals surface area contributed by atoms with Crippen molar-refractivity contribution in [1.29, 1.82) is 0 Å². The van der Waals surface area contributed by atoms with E-state index in [2.05, 4.69) is 24.4 Å². The van der Waals surface area contributed by atoms with Crippen LogP contribution in [0.1, 0.15) is 31.0 Å². The van der Waals surface area contributed by atoms with Crippen LogP contribution in [0.5, 0.6) is 0 Å². The number of hydrogen-bond donors (Lipinski definition) is 1. The Bertz CT molecular complexity index is 596. The van der Waals surface area contributed by atoms with E-state index in [0.29, 0.717) is 10.6 Å². The molecule has 1 N–H and O–H groups in total. The van der Waals surface area contributed by atoms with Gasteiger partial charge < -0.3 is 5.32 Å². The normalized spacial score (nSPS) is 12.2. The van der Waals surface area contributed by atoms with Gasteiger partial charge >= 0.3 is 0 Å². The van der Waals surface area contributed by atoms with Gasteiger partial charge in [-0.1, -0.05) is 42.3 Å². The Labute approximate surface area is 128 Å². The molecule has 4 heteroatoms. The molecule has 2 rings (SSSR count). The van der Waals surface area contributed by atoms with Gasteiger partial charge in [0.2, 0.25) is 0 Å². The van der Waals surface area contributed by atoms with Gasteiger partial charge in [-0.15, -0.1) is 0 Å². The first-order valence-corrected chi connectivity index (χ1v) is 7.26. The smallest absolute Gasteiger partial charge is 0.142 e. The van der Waals surface area contributed by atoms with E-state index in [1.54, 1.807) is 0 Å². The third-order valence-corrected chi connectivity index (χ3v) is 3.87. The van der Waals surface area contributed by atoms with Crippen LogP contribution in [0.3, 0.4) is 0 Å². The van der Waals surface area contributed by atoms with E-state index in [-0.39, 0.29) is 11.1 Å². The molecule has 0 aliphatic heterocycles. The van der Waals surface area contributed by atoms with E-state index < -0.39 is 5.82 Å². The molecule has 0 amide bonds. The number of rotatable bonds is 4. The Kier molecular flexibility index (Phi) is 4.90. The zero-order valence-electron chi connectivity index (χ0n) is 11.4. The van der Waals surface area contributed by atoms with Crippen molar-refractivity contribution in [3.05, 3.63) is 63.4 Å². The SMILES string of the molecule is CCc1ccc(NC(C)c2cc(F)c(Cl)cc2Cl)cc1. The zero-order chi connectivity index (χ0) is 14.7. The summed E-state index contributed by atoms with van der Waals surface area (Å²) in [4.78, 5) is 0. The molecule has 2 aromatic rings. The predicted molar refractivity (Wildman–Crippen MR) is 84.3 cm³/mol. The minimum Gasteiger partial charge on any atom is -0.378 e. The van der Waals surface area contributed by atoms with E-state index in [1.807, 2.05) is 19.1 Å². The molecule has 20 heavy (non-hydrogen) atoms. The highest BCUT2D eigenvalue weighted by Gasteiger charge is 2.13. The van der Waals surface area contributed by atoms with Gasteiger partial charge in [0, 0.05) is 10.7 Å². The van der Waals surface area contributed by atoms with E-state index in [1.165, 1.54) is 17.7 Å². The summed E-state index contributed by atoms with van der Waals surface area (Å²) in [6.45, 7) is 4.05. The molecule has 0 bridgehead atoms. The van der Waals surface area contributed by atoms with Crippen molar-refractivity contribution in [3.63, 3.8) is 0 Å². The third kappa shape index (κ3) is 3.44. The first kappa shape index (κ1) is 15.1. The van der Waals surface area contributed by atoms with Crippen LogP contribution >= 0.6 is 23.2 Å². The van der Waals surface area contributed by atoms with Gasteiger partial charge in [-0.2, -0.15) is 0 Å². The molecule has 1 unspecified atom stereocenters. The van der Waals surface area contributed by atoms with Gasteiger partial charge in [-0.05, 0) is 48.7 Å². The Morgan fingerprint density at radius 1 is 1.10 bits per heavy atom. The molecule has 0 heterocycles. The average Bonchev–Trinajstić information content (AvgIpc) is 2.43. The van der Waals surface area contributed by atoms with Crippen molar-refractivity contribution in [1.82, 2.24) is 0 Å². The van der Waals surface area contributed by atoms with E-state index in [9.17, 15) is 4.39 Å². The summed E-state index contributed by atoms with van der Waals surface area (Å²) in [5.74, 6) is -0.457. The van der Waals surface area contributed by atoms with Gasteiger partial charge in [0.25, 0.3) is 0 Å². The molecule has 0 saturated carbocycles. The molecule has 1 atom stereocenters. The highest BCUT2D eigenvalue weighted by atomic mass is 35.5. The Morgan fingerprint density at radius 2 is 1.75 bits per heavy atom. The van der Waals surface area contributed by atoms with Gasteiger partial charge in [0.15, 0.2) is 0 Å². The summed E-state index contributed by atoms with van der Waals surface area (Å²) in [6, 6.07) is 10.9. The third-order valence-electron chi connectivity index (χ3n) is 3.25. The molecule has 0 radical (unpaired) electrons. The highest BCUT2D eigenvalue weighted by Crippen LogP contribution is 2.30. The zero-order valence-corrected chi connectivity index (χ0v) is 12.9. The van der Waals surface area contributed by atoms with E-state index in [0.717, 1.165) is 12.1 Å². The van der Waals surface area contributed by atoms with Crippen LogP contribution in [0.25, 0.3) is 0 Å². The molecular formula is C16H16Cl2FN. The van der Waals surface area contributed by atoms with Crippen LogP contribution in [0.15, 0.2) is 36.4 Å². The van der Waals surface area contributed by atoms with Crippen molar-refractivity contribution >= 4 is 28.9 Å². The first-order valence-electron chi connectivity index (χ1n) is 6.51. The van der Waals surface area contributed by atoms with Crippen molar-refractivity contribution in [2.24, 2.45) is 0 Å². The minimum absolute atomic E-state index is 0.0400. The molecular weight excluding hydrogens is 296 g/mol. The Balaban J connectivity index is 2.18. The lowest BCUT2D eigenvalue weighted by atomic mass is 10.1. The van der Waals surface area contributed by atoms with Crippen molar-refractivity contribution < 1.29 is 4.39 Å². The lowest BCUT2D eigenvalue weighted by molar-refractivity contribution is 0.624. The number of anilines is 1. The fourth-order valence-corrected chi connectivity index (χ4v) is 2.58. The molecule has 2 aromatic carbocycles. The Hall–Kier alpha value is -1.25. The maximum absolute atomic E-state index is 13.5. The van der Waals surface area contributed by atoms with Gasteiger partial charge in [0.1, 0.15) is 5.82 Å². The fraction of sp³-hybridized carbons (Fsp3) is 0.250. The quantitative estimate of drug-likeness (QED) is 0.696. The van der Waals surface area contributed by atoms with Crippen molar-refractivity contribution in [2.75, 3.05) is 5.32 Å². The van der Waals surface area contributed by atoms with E-state index >= 15 is 0 Å². The summed E-state index contributed by atoms with van der Waals surface area (Å²) in [5.41, 5.74) is 2.94. The monoisotopic (exact) mass is 311 g/mol. The maximum Gasteiger partial charge on any atom is 0.142 e. The lowest BCUT2D eigenvalue weighted by Crippen LogP contribution is -2.07. The molecule has 106 valence electrons. The predicted octanol–water partition coefficient (Wildman–Crippen LogP) is 5.87. The minimum atomic E-state index is -0.457. The topological polar surface area (TPSA) is 12.0 Å². The largest absolute Gasteiger partial charge is 0.378 e. The Morgan fingerprint density at radius 3 is 2.35 bits per heavy atom. The second kappa shape index (κ2) is 6.47. The molecule has 0 aromatic heterocycles. The number of hydrogen-bond acceptors (Lipinski definition) is 1. The van der Waals surface area contributed by atoms with Gasteiger partial charge in [-0.3, -0.25) is 0 Å². The van der Waals surface area contributed by atoms with Crippen molar-refractivity contribution in [3.8, 4) is 0 Å². The molecule has 0 aliphatic rings. The van der Waals surface area contributed by atoms with Crippen LogP contribution in [0.4, 0.5) is 10.1 Å². The fourth-order valence-electron chi connectivity index (χ4n) is 2.03. The summed E-state index contributed by atoms with van der Waals surface area (Å²) < 4.78 is 13.5.